The Kier molecular flexibility index (Phi) is 5.76. The summed E-state index contributed by atoms with van der Waals surface area (Å²) in [6, 6.07) is 9.42. The minimum Gasteiger partial charge on any atom is -0.383 e. The second-order valence-electron chi connectivity index (χ2n) is 4.69. The maximum absolute atomic E-state index is 6.39. The second-order valence-corrected chi connectivity index (χ2v) is 5.09. The van der Waals surface area contributed by atoms with Crippen molar-refractivity contribution in [1.82, 2.24) is 9.78 Å². The molecule has 0 aliphatic carbocycles. The second kappa shape index (κ2) is 7.56. The highest BCUT2D eigenvalue weighted by atomic mass is 35.5. The van der Waals surface area contributed by atoms with Crippen LogP contribution in [-0.4, -0.2) is 30.6 Å². The third-order valence-corrected chi connectivity index (χ3v) is 3.66. The van der Waals surface area contributed by atoms with Gasteiger partial charge in [0.2, 0.25) is 0 Å². The first-order chi connectivity index (χ1) is 10.2. The first-order valence-corrected chi connectivity index (χ1v) is 7.10. The predicted octanol–water partition coefficient (Wildman–Crippen LogP) is 2.57. The molecule has 2 rings (SSSR count). The summed E-state index contributed by atoms with van der Waals surface area (Å²) in [6.07, 6.45) is 1.31. The quantitative estimate of drug-likeness (QED) is 0.854. The van der Waals surface area contributed by atoms with Crippen molar-refractivity contribution >= 4 is 11.6 Å². The summed E-state index contributed by atoms with van der Waals surface area (Å²) in [4.78, 5) is 0. The molecular formula is C15H20ClN3O2. The fourth-order valence-corrected chi connectivity index (χ4v) is 2.60. The number of rotatable bonds is 7. The molecule has 1 heterocycles. The molecule has 0 saturated carbocycles. The van der Waals surface area contributed by atoms with Crippen LogP contribution in [-0.2, 0) is 16.0 Å². The number of nitrogens with zero attached hydrogens (tertiary/aromatic N) is 2. The monoisotopic (exact) mass is 309 g/mol. The third-order valence-electron chi connectivity index (χ3n) is 3.36. The third kappa shape index (κ3) is 3.63. The molecule has 2 unspecified atom stereocenters. The Morgan fingerprint density at radius 1 is 1.29 bits per heavy atom. The van der Waals surface area contributed by atoms with Crippen LogP contribution >= 0.6 is 11.6 Å². The van der Waals surface area contributed by atoms with E-state index in [1.807, 2.05) is 30.3 Å². The molecule has 6 heteroatoms. The molecule has 2 atom stereocenters. The number of hydrogen-bond donors (Lipinski definition) is 1. The van der Waals surface area contributed by atoms with E-state index in [0.29, 0.717) is 18.2 Å². The Morgan fingerprint density at radius 3 is 2.62 bits per heavy atom. The summed E-state index contributed by atoms with van der Waals surface area (Å²) < 4.78 is 12.4. The highest BCUT2D eigenvalue weighted by Crippen LogP contribution is 2.33. The molecule has 0 radical (unpaired) electrons. The van der Waals surface area contributed by atoms with Crippen LogP contribution in [0.25, 0.3) is 0 Å². The molecule has 21 heavy (non-hydrogen) atoms. The molecule has 0 amide bonds. The molecular weight excluding hydrogens is 290 g/mol. The minimum atomic E-state index is -0.413. The van der Waals surface area contributed by atoms with Crippen LogP contribution in [0.2, 0.25) is 5.02 Å². The van der Waals surface area contributed by atoms with Gasteiger partial charge in [-0.2, -0.15) is 5.10 Å². The minimum absolute atomic E-state index is 0.290. The van der Waals surface area contributed by atoms with Crippen LogP contribution in [0.5, 0.6) is 0 Å². The molecule has 114 valence electrons. The van der Waals surface area contributed by atoms with Gasteiger partial charge in [-0.15, -0.1) is 0 Å². The standard InChI is InChI=1S/C15H20ClN3O2/c1-20-9-8-19-14(12(16)10-18-19)13(17)15(21-2)11-6-4-3-5-7-11/h3-7,10,13,15H,8-9,17H2,1-2H3. The summed E-state index contributed by atoms with van der Waals surface area (Å²) in [5.41, 5.74) is 8.15. The van der Waals surface area contributed by atoms with E-state index in [4.69, 9.17) is 26.8 Å². The van der Waals surface area contributed by atoms with E-state index in [0.717, 1.165) is 11.3 Å². The molecule has 0 aliphatic rings. The van der Waals surface area contributed by atoms with Gasteiger partial charge in [0.25, 0.3) is 0 Å². The summed E-state index contributed by atoms with van der Waals surface area (Å²) in [7, 11) is 3.29. The van der Waals surface area contributed by atoms with Gasteiger partial charge in [0, 0.05) is 14.2 Å². The van der Waals surface area contributed by atoms with E-state index in [1.54, 1.807) is 25.1 Å². The smallest absolute Gasteiger partial charge is 0.103 e. The summed E-state index contributed by atoms with van der Waals surface area (Å²) in [6.45, 7) is 1.14. The van der Waals surface area contributed by atoms with Gasteiger partial charge < -0.3 is 15.2 Å². The van der Waals surface area contributed by atoms with Gasteiger partial charge in [-0.1, -0.05) is 41.9 Å². The van der Waals surface area contributed by atoms with Crippen molar-refractivity contribution in [2.75, 3.05) is 20.8 Å². The molecule has 1 aromatic heterocycles. The zero-order chi connectivity index (χ0) is 15.2. The number of nitrogens with two attached hydrogens (primary N) is 1. The van der Waals surface area contributed by atoms with Gasteiger partial charge in [-0.05, 0) is 5.56 Å². The SMILES string of the molecule is COCCn1ncc(Cl)c1C(N)C(OC)c1ccccc1. The van der Waals surface area contributed by atoms with E-state index in [1.165, 1.54) is 0 Å². The summed E-state index contributed by atoms with van der Waals surface area (Å²) in [5.74, 6) is 0. The van der Waals surface area contributed by atoms with E-state index >= 15 is 0 Å². The molecule has 5 nitrogen and oxygen atoms in total. The van der Waals surface area contributed by atoms with Crippen LogP contribution in [0.1, 0.15) is 23.4 Å². The van der Waals surface area contributed by atoms with Crippen molar-refractivity contribution in [2.24, 2.45) is 5.73 Å². The summed E-state index contributed by atoms with van der Waals surface area (Å²) >= 11 is 6.25. The lowest BCUT2D eigenvalue weighted by atomic mass is 10.00. The number of benzene rings is 1. The largest absolute Gasteiger partial charge is 0.383 e. The van der Waals surface area contributed by atoms with Gasteiger partial charge in [-0.25, -0.2) is 0 Å². The molecule has 2 aromatic rings. The Labute approximate surface area is 129 Å². The van der Waals surface area contributed by atoms with Crippen LogP contribution in [0.4, 0.5) is 0 Å². The van der Waals surface area contributed by atoms with Crippen molar-refractivity contribution in [3.63, 3.8) is 0 Å². The van der Waals surface area contributed by atoms with Crippen LogP contribution < -0.4 is 5.73 Å². The fourth-order valence-electron chi connectivity index (χ4n) is 2.34. The van der Waals surface area contributed by atoms with Crippen molar-refractivity contribution in [3.8, 4) is 0 Å². The Bertz CT molecular complexity index is 559. The molecule has 0 bridgehead atoms. The molecule has 0 aliphatic heterocycles. The highest BCUT2D eigenvalue weighted by Gasteiger charge is 2.26. The van der Waals surface area contributed by atoms with E-state index < -0.39 is 6.04 Å². The lowest BCUT2D eigenvalue weighted by Gasteiger charge is -2.24. The van der Waals surface area contributed by atoms with E-state index in [2.05, 4.69) is 5.10 Å². The van der Waals surface area contributed by atoms with Gasteiger partial charge in [0.05, 0.1) is 36.1 Å². The van der Waals surface area contributed by atoms with Crippen molar-refractivity contribution in [1.29, 1.82) is 0 Å². The number of ether oxygens (including phenoxy) is 2. The first kappa shape index (κ1) is 16.0. The van der Waals surface area contributed by atoms with Gasteiger partial charge in [-0.3, -0.25) is 4.68 Å². The molecule has 2 N–H and O–H groups in total. The number of hydrogen-bond acceptors (Lipinski definition) is 4. The zero-order valence-corrected chi connectivity index (χ0v) is 13.0. The van der Waals surface area contributed by atoms with Gasteiger partial charge in [0.1, 0.15) is 6.10 Å². The zero-order valence-electron chi connectivity index (χ0n) is 12.2. The van der Waals surface area contributed by atoms with Crippen molar-refractivity contribution in [3.05, 3.63) is 52.8 Å². The molecule has 0 saturated heterocycles. The van der Waals surface area contributed by atoms with Crippen molar-refractivity contribution in [2.45, 2.75) is 18.7 Å². The lowest BCUT2D eigenvalue weighted by molar-refractivity contribution is 0.0768. The topological polar surface area (TPSA) is 62.3 Å². The predicted molar refractivity (Wildman–Crippen MR) is 82.2 cm³/mol. The van der Waals surface area contributed by atoms with Crippen LogP contribution in [0.15, 0.2) is 36.5 Å². The number of aromatic nitrogens is 2. The number of methoxy groups -OCH3 is 2. The maximum atomic E-state index is 6.39. The van der Waals surface area contributed by atoms with E-state index in [-0.39, 0.29) is 6.10 Å². The highest BCUT2D eigenvalue weighted by molar-refractivity contribution is 6.31. The molecule has 0 spiro atoms. The van der Waals surface area contributed by atoms with Gasteiger partial charge >= 0.3 is 0 Å². The van der Waals surface area contributed by atoms with Crippen LogP contribution in [0.3, 0.4) is 0 Å². The van der Waals surface area contributed by atoms with Crippen LogP contribution in [0, 0.1) is 0 Å². The average Bonchev–Trinajstić information content (AvgIpc) is 2.87. The van der Waals surface area contributed by atoms with Crippen molar-refractivity contribution < 1.29 is 9.47 Å². The van der Waals surface area contributed by atoms with E-state index in [9.17, 15) is 0 Å². The first-order valence-electron chi connectivity index (χ1n) is 6.72. The summed E-state index contributed by atoms with van der Waals surface area (Å²) in [5, 5.41) is 4.79. The maximum Gasteiger partial charge on any atom is 0.103 e. The van der Waals surface area contributed by atoms with Gasteiger partial charge in [0.15, 0.2) is 0 Å². The molecule has 0 fully saturated rings. The molecule has 1 aromatic carbocycles. The fraction of sp³-hybridized carbons (Fsp3) is 0.400. The Morgan fingerprint density at radius 2 is 2.00 bits per heavy atom. The average molecular weight is 310 g/mol. The number of halogens is 1. The normalized spacial score (nSPS) is 14.1. The Balaban J connectivity index is 2.29. The Hall–Kier alpha value is -1.40. The lowest BCUT2D eigenvalue weighted by Crippen LogP contribution is -2.25.